The molecule has 0 spiro atoms. The number of nitrogens with two attached hydrogens (primary N) is 1. The van der Waals surface area contributed by atoms with Crippen LogP contribution < -0.4 is 20.5 Å². The Labute approximate surface area is 234 Å². The molecule has 0 saturated heterocycles. The van der Waals surface area contributed by atoms with Gasteiger partial charge >= 0.3 is 0 Å². The van der Waals surface area contributed by atoms with Gasteiger partial charge in [-0.15, -0.1) is 0 Å². The highest BCUT2D eigenvalue weighted by Gasteiger charge is 2.42. The molecule has 2 aromatic rings. The molecular formula is C32H48N2O5. The zero-order valence-electron chi connectivity index (χ0n) is 24.2. The monoisotopic (exact) mass is 540 g/mol. The Morgan fingerprint density at radius 2 is 1.77 bits per heavy atom. The first-order valence-corrected chi connectivity index (χ1v) is 14.4. The van der Waals surface area contributed by atoms with Gasteiger partial charge in [0.25, 0.3) is 0 Å². The van der Waals surface area contributed by atoms with Crippen molar-refractivity contribution in [3.05, 3.63) is 59.7 Å². The summed E-state index contributed by atoms with van der Waals surface area (Å²) in [6, 6.07) is 15.6. The third-order valence-electron chi connectivity index (χ3n) is 8.18. The molecule has 1 saturated carbocycles. The lowest BCUT2D eigenvalue weighted by Gasteiger charge is -2.30. The zero-order chi connectivity index (χ0) is 28.3. The Morgan fingerprint density at radius 1 is 1.05 bits per heavy atom. The molecule has 1 aliphatic rings. The molecule has 4 N–H and O–H groups in total. The second-order valence-corrected chi connectivity index (χ2v) is 11.2. The highest BCUT2D eigenvalue weighted by molar-refractivity contribution is 5.88. The number of ether oxygens (including phenoxy) is 3. The van der Waals surface area contributed by atoms with Crippen LogP contribution in [0.4, 0.5) is 0 Å². The molecule has 0 radical (unpaired) electrons. The summed E-state index contributed by atoms with van der Waals surface area (Å²) in [5.41, 5.74) is 8.19. The Morgan fingerprint density at radius 3 is 2.41 bits per heavy atom. The predicted octanol–water partition coefficient (Wildman–Crippen LogP) is 4.63. The van der Waals surface area contributed by atoms with E-state index in [1.54, 1.807) is 14.2 Å². The van der Waals surface area contributed by atoms with Crippen LogP contribution in [0.2, 0.25) is 0 Å². The average Bonchev–Trinajstić information content (AvgIpc) is 3.45. The number of aliphatic hydroxyl groups excluding tert-OH is 1. The number of methoxy groups -OCH3 is 2. The minimum absolute atomic E-state index is 0.00544. The van der Waals surface area contributed by atoms with E-state index >= 15 is 0 Å². The zero-order valence-corrected chi connectivity index (χ0v) is 24.2. The van der Waals surface area contributed by atoms with Crippen molar-refractivity contribution in [2.24, 2.45) is 17.6 Å². The van der Waals surface area contributed by atoms with Crippen LogP contribution in [0.1, 0.15) is 63.5 Å². The maximum atomic E-state index is 13.4. The van der Waals surface area contributed by atoms with Crippen LogP contribution in [0.25, 0.3) is 0 Å². The summed E-state index contributed by atoms with van der Waals surface area (Å²) in [4.78, 5) is 13.4. The van der Waals surface area contributed by atoms with Gasteiger partial charge in [-0.3, -0.25) is 4.79 Å². The van der Waals surface area contributed by atoms with Gasteiger partial charge in [-0.2, -0.15) is 0 Å². The Kier molecular flexibility index (Phi) is 12.1. The Hall–Kier alpha value is -2.61. The van der Waals surface area contributed by atoms with E-state index in [0.29, 0.717) is 31.3 Å². The number of carbonyl (C=O) groups excluding carboxylic acids is 1. The van der Waals surface area contributed by atoms with E-state index in [0.717, 1.165) is 55.4 Å². The summed E-state index contributed by atoms with van der Waals surface area (Å²) in [7, 11) is 3.32. The van der Waals surface area contributed by atoms with Crippen molar-refractivity contribution in [3.8, 4) is 11.5 Å². The first-order valence-electron chi connectivity index (χ1n) is 14.4. The summed E-state index contributed by atoms with van der Waals surface area (Å²) >= 11 is 0. The van der Waals surface area contributed by atoms with Crippen molar-refractivity contribution in [2.75, 3.05) is 34.0 Å². The quantitative estimate of drug-likeness (QED) is 0.268. The fourth-order valence-electron chi connectivity index (χ4n) is 5.65. The molecule has 216 valence electrons. The fourth-order valence-corrected chi connectivity index (χ4v) is 5.65. The smallest absolute Gasteiger partial charge is 0.230 e. The molecule has 0 unspecified atom stereocenters. The summed E-state index contributed by atoms with van der Waals surface area (Å²) in [6.45, 7) is 5.71. The van der Waals surface area contributed by atoms with E-state index in [1.807, 2.05) is 42.5 Å². The Balaban J connectivity index is 1.59. The van der Waals surface area contributed by atoms with Gasteiger partial charge in [-0.25, -0.2) is 0 Å². The second kappa shape index (κ2) is 15.2. The van der Waals surface area contributed by atoms with Gasteiger partial charge in [0.05, 0.1) is 25.2 Å². The molecule has 0 aliphatic heterocycles. The number of amides is 1. The van der Waals surface area contributed by atoms with Crippen LogP contribution >= 0.6 is 0 Å². The Bertz CT molecular complexity index is 1010. The van der Waals surface area contributed by atoms with Crippen molar-refractivity contribution in [1.29, 1.82) is 0 Å². The van der Waals surface area contributed by atoms with Gasteiger partial charge < -0.3 is 30.4 Å². The summed E-state index contributed by atoms with van der Waals surface area (Å²) in [5, 5.41) is 14.0. The minimum Gasteiger partial charge on any atom is -0.493 e. The van der Waals surface area contributed by atoms with Crippen LogP contribution in [0.5, 0.6) is 11.5 Å². The van der Waals surface area contributed by atoms with Crippen LogP contribution in [0.3, 0.4) is 0 Å². The van der Waals surface area contributed by atoms with Gasteiger partial charge in [0.2, 0.25) is 5.91 Å². The van der Waals surface area contributed by atoms with E-state index in [-0.39, 0.29) is 18.4 Å². The lowest BCUT2D eigenvalue weighted by Crippen LogP contribution is -2.49. The standard InChI is InChI=1S/C32H48N2O5/c1-23(2)25(19-24-13-14-29(38-4)30(20-24)39-18-10-17-37-3)21-27(33)28(35)22-34-31(36)32(15-8-9-16-32)26-11-6-5-7-12-26/h5-7,11-14,20,23,25,27-28,35H,8-10,15-19,21-22,33H2,1-4H3,(H,34,36)/t25-,27-,28-/m0/s1. The summed E-state index contributed by atoms with van der Waals surface area (Å²) in [6.07, 6.45) is 5.17. The molecule has 7 nitrogen and oxygen atoms in total. The third kappa shape index (κ3) is 8.44. The van der Waals surface area contributed by atoms with Gasteiger partial charge in [0.15, 0.2) is 11.5 Å². The molecular weight excluding hydrogens is 492 g/mol. The number of hydrogen-bond acceptors (Lipinski definition) is 6. The van der Waals surface area contributed by atoms with Gasteiger partial charge in [0, 0.05) is 32.7 Å². The summed E-state index contributed by atoms with van der Waals surface area (Å²) < 4.78 is 16.5. The number of rotatable bonds is 16. The lowest BCUT2D eigenvalue weighted by molar-refractivity contribution is -0.127. The average molecular weight is 541 g/mol. The number of aliphatic hydroxyl groups is 1. The van der Waals surface area contributed by atoms with Crippen LogP contribution in [0, 0.1) is 11.8 Å². The molecule has 0 heterocycles. The topological polar surface area (TPSA) is 103 Å². The van der Waals surface area contributed by atoms with Crippen LogP contribution in [0.15, 0.2) is 48.5 Å². The van der Waals surface area contributed by atoms with Crippen molar-refractivity contribution >= 4 is 5.91 Å². The van der Waals surface area contributed by atoms with E-state index in [1.165, 1.54) is 0 Å². The SMILES string of the molecule is COCCCOc1cc(C[C@@H](C[C@H](N)[C@@H](O)CNC(=O)C2(c3ccccc3)CCCC2)C(C)C)ccc1OC. The maximum absolute atomic E-state index is 13.4. The first kappa shape index (κ1) is 30.9. The lowest BCUT2D eigenvalue weighted by atomic mass is 9.78. The van der Waals surface area contributed by atoms with E-state index < -0.39 is 17.6 Å². The van der Waals surface area contributed by atoms with Crippen LogP contribution in [-0.4, -0.2) is 57.1 Å². The largest absolute Gasteiger partial charge is 0.493 e. The predicted molar refractivity (Wildman–Crippen MR) is 155 cm³/mol. The third-order valence-corrected chi connectivity index (χ3v) is 8.18. The van der Waals surface area contributed by atoms with Gasteiger partial charge in [-0.05, 0) is 60.8 Å². The van der Waals surface area contributed by atoms with Crippen molar-refractivity contribution in [2.45, 2.75) is 76.4 Å². The molecule has 39 heavy (non-hydrogen) atoms. The number of benzene rings is 2. The number of nitrogens with one attached hydrogen (secondary N) is 1. The highest BCUT2D eigenvalue weighted by atomic mass is 16.5. The molecule has 0 aromatic heterocycles. The molecule has 1 aliphatic carbocycles. The molecule has 0 bridgehead atoms. The molecule has 3 rings (SSSR count). The molecule has 3 atom stereocenters. The summed E-state index contributed by atoms with van der Waals surface area (Å²) in [5.74, 6) is 2.04. The minimum atomic E-state index is -0.819. The first-order chi connectivity index (χ1) is 18.8. The van der Waals surface area contributed by atoms with Gasteiger partial charge in [0.1, 0.15) is 0 Å². The fraction of sp³-hybridized carbons (Fsp3) is 0.594. The van der Waals surface area contributed by atoms with Crippen molar-refractivity contribution in [1.82, 2.24) is 5.32 Å². The molecule has 2 aromatic carbocycles. The van der Waals surface area contributed by atoms with Crippen molar-refractivity contribution in [3.63, 3.8) is 0 Å². The number of carbonyl (C=O) groups is 1. The molecule has 1 fully saturated rings. The second-order valence-electron chi connectivity index (χ2n) is 11.2. The number of hydrogen-bond donors (Lipinski definition) is 3. The maximum Gasteiger partial charge on any atom is 0.230 e. The van der Waals surface area contributed by atoms with Crippen molar-refractivity contribution < 1.29 is 24.1 Å². The normalized spacial score (nSPS) is 17.0. The van der Waals surface area contributed by atoms with Crippen LogP contribution in [-0.2, 0) is 21.4 Å². The van der Waals surface area contributed by atoms with Gasteiger partial charge in [-0.1, -0.05) is 63.1 Å². The highest BCUT2D eigenvalue weighted by Crippen LogP contribution is 2.41. The molecule has 7 heteroatoms. The molecule has 1 amide bonds. The van der Waals surface area contributed by atoms with E-state index in [9.17, 15) is 9.90 Å². The van der Waals surface area contributed by atoms with E-state index in [2.05, 4.69) is 25.2 Å². The van der Waals surface area contributed by atoms with E-state index in [4.69, 9.17) is 19.9 Å².